The molecule has 86 valence electrons. The predicted molar refractivity (Wildman–Crippen MR) is 69.2 cm³/mol. The SMILES string of the molecule is ClC1OC1C(c1ccccc1)c1ccccc1. The van der Waals surface area contributed by atoms with Gasteiger partial charge in [-0.15, -0.1) is 0 Å². The van der Waals surface area contributed by atoms with Gasteiger partial charge in [0.15, 0.2) is 5.56 Å². The van der Waals surface area contributed by atoms with E-state index in [-0.39, 0.29) is 17.6 Å². The fourth-order valence-electron chi connectivity index (χ4n) is 2.23. The Morgan fingerprint density at radius 2 is 1.24 bits per heavy atom. The summed E-state index contributed by atoms with van der Waals surface area (Å²) < 4.78 is 5.45. The lowest BCUT2D eigenvalue weighted by Gasteiger charge is -2.15. The molecule has 1 aliphatic rings. The van der Waals surface area contributed by atoms with Crippen molar-refractivity contribution in [3.8, 4) is 0 Å². The van der Waals surface area contributed by atoms with E-state index >= 15 is 0 Å². The van der Waals surface area contributed by atoms with Crippen LogP contribution in [0.25, 0.3) is 0 Å². The summed E-state index contributed by atoms with van der Waals surface area (Å²) in [6.07, 6.45) is 0.0986. The van der Waals surface area contributed by atoms with E-state index in [2.05, 4.69) is 48.5 Å². The van der Waals surface area contributed by atoms with Crippen molar-refractivity contribution in [3.05, 3.63) is 71.8 Å². The van der Waals surface area contributed by atoms with Crippen LogP contribution >= 0.6 is 11.6 Å². The van der Waals surface area contributed by atoms with Crippen LogP contribution in [0, 0.1) is 0 Å². The van der Waals surface area contributed by atoms with Crippen LogP contribution in [0.3, 0.4) is 0 Å². The predicted octanol–water partition coefficient (Wildman–Crippen LogP) is 3.78. The van der Waals surface area contributed by atoms with E-state index in [0.717, 1.165) is 0 Å². The van der Waals surface area contributed by atoms with Gasteiger partial charge >= 0.3 is 0 Å². The molecule has 1 aliphatic heterocycles. The van der Waals surface area contributed by atoms with Gasteiger partial charge in [0.2, 0.25) is 0 Å². The lowest BCUT2D eigenvalue weighted by atomic mass is 9.89. The van der Waals surface area contributed by atoms with E-state index in [9.17, 15) is 0 Å². The van der Waals surface area contributed by atoms with Crippen LogP contribution in [0.4, 0.5) is 0 Å². The monoisotopic (exact) mass is 244 g/mol. The molecule has 3 rings (SSSR count). The summed E-state index contributed by atoms with van der Waals surface area (Å²) in [7, 11) is 0. The highest BCUT2D eigenvalue weighted by Gasteiger charge is 2.44. The van der Waals surface area contributed by atoms with Crippen LogP contribution in [0.2, 0.25) is 0 Å². The van der Waals surface area contributed by atoms with Gasteiger partial charge in [0, 0.05) is 5.92 Å². The zero-order valence-electron chi connectivity index (χ0n) is 9.29. The second kappa shape index (κ2) is 4.52. The summed E-state index contributed by atoms with van der Waals surface area (Å²) in [5.74, 6) is 0.236. The van der Waals surface area contributed by atoms with Crippen molar-refractivity contribution in [2.45, 2.75) is 17.6 Å². The van der Waals surface area contributed by atoms with E-state index < -0.39 is 0 Å². The van der Waals surface area contributed by atoms with Crippen LogP contribution in [0.15, 0.2) is 60.7 Å². The third kappa shape index (κ3) is 2.21. The first kappa shape index (κ1) is 10.8. The first-order chi connectivity index (χ1) is 8.36. The van der Waals surface area contributed by atoms with Crippen LogP contribution < -0.4 is 0 Å². The standard InChI is InChI=1S/C15H13ClO/c16-15-14(17-15)13(11-7-3-1-4-8-11)12-9-5-2-6-10-12/h1-10,13-15H. The molecule has 1 fully saturated rings. The molecule has 1 heterocycles. The van der Waals surface area contributed by atoms with Crippen molar-refractivity contribution in [3.63, 3.8) is 0 Å². The highest BCUT2D eigenvalue weighted by atomic mass is 35.5. The largest absolute Gasteiger partial charge is 0.351 e. The lowest BCUT2D eigenvalue weighted by Crippen LogP contribution is -2.09. The average Bonchev–Trinajstić information content (AvgIpc) is 3.09. The van der Waals surface area contributed by atoms with Crippen LogP contribution in [-0.2, 0) is 4.74 Å². The van der Waals surface area contributed by atoms with E-state index in [0.29, 0.717) is 0 Å². The molecule has 2 aromatic rings. The van der Waals surface area contributed by atoms with Crippen molar-refractivity contribution >= 4 is 11.6 Å². The maximum atomic E-state index is 6.02. The molecule has 17 heavy (non-hydrogen) atoms. The summed E-state index contributed by atoms with van der Waals surface area (Å²) in [5, 5.41) is 0. The molecule has 0 radical (unpaired) electrons. The molecule has 1 nitrogen and oxygen atoms in total. The highest BCUT2D eigenvalue weighted by molar-refractivity contribution is 6.21. The third-order valence-corrected chi connectivity index (χ3v) is 3.47. The number of benzene rings is 2. The van der Waals surface area contributed by atoms with Crippen molar-refractivity contribution in [2.75, 3.05) is 0 Å². The van der Waals surface area contributed by atoms with Gasteiger partial charge < -0.3 is 4.74 Å². The Bertz CT molecular complexity index is 443. The summed E-state index contributed by atoms with van der Waals surface area (Å²) in [6.45, 7) is 0. The number of hydrogen-bond acceptors (Lipinski definition) is 1. The van der Waals surface area contributed by atoms with Crippen LogP contribution in [-0.4, -0.2) is 11.7 Å². The van der Waals surface area contributed by atoms with Gasteiger partial charge in [-0.25, -0.2) is 0 Å². The Kier molecular flexibility index (Phi) is 2.87. The topological polar surface area (TPSA) is 12.5 Å². The number of epoxide rings is 1. The van der Waals surface area contributed by atoms with Crippen molar-refractivity contribution in [1.82, 2.24) is 0 Å². The first-order valence-corrected chi connectivity index (χ1v) is 6.19. The number of rotatable bonds is 3. The van der Waals surface area contributed by atoms with Gasteiger partial charge in [-0.3, -0.25) is 0 Å². The Morgan fingerprint density at radius 3 is 1.59 bits per heavy atom. The normalized spacial score (nSPS) is 22.7. The Balaban J connectivity index is 1.99. The van der Waals surface area contributed by atoms with Crippen LogP contribution in [0.5, 0.6) is 0 Å². The summed E-state index contributed by atoms with van der Waals surface area (Å²) in [4.78, 5) is 0. The average molecular weight is 245 g/mol. The van der Waals surface area contributed by atoms with Crippen molar-refractivity contribution in [2.24, 2.45) is 0 Å². The maximum Gasteiger partial charge on any atom is 0.158 e. The minimum atomic E-state index is -0.152. The number of ether oxygens (including phenoxy) is 1. The van der Waals surface area contributed by atoms with E-state index in [1.807, 2.05) is 12.1 Å². The quantitative estimate of drug-likeness (QED) is 0.591. The number of hydrogen-bond donors (Lipinski definition) is 0. The molecule has 2 unspecified atom stereocenters. The molecule has 2 atom stereocenters. The van der Waals surface area contributed by atoms with E-state index in [1.54, 1.807) is 0 Å². The third-order valence-electron chi connectivity index (χ3n) is 3.11. The van der Waals surface area contributed by atoms with Crippen molar-refractivity contribution < 1.29 is 4.74 Å². The summed E-state index contributed by atoms with van der Waals surface area (Å²) >= 11 is 6.02. The van der Waals surface area contributed by atoms with Gasteiger partial charge in [0.25, 0.3) is 0 Å². The molecule has 0 bridgehead atoms. The Hall–Kier alpha value is -1.31. The minimum Gasteiger partial charge on any atom is -0.351 e. The molecule has 0 amide bonds. The zero-order valence-corrected chi connectivity index (χ0v) is 10.0. The highest BCUT2D eigenvalue weighted by Crippen LogP contribution is 2.42. The van der Waals surface area contributed by atoms with Crippen LogP contribution in [0.1, 0.15) is 17.0 Å². The number of halogens is 1. The fraction of sp³-hybridized carbons (Fsp3) is 0.200. The fourth-order valence-corrected chi connectivity index (χ4v) is 2.49. The molecule has 2 aromatic carbocycles. The lowest BCUT2D eigenvalue weighted by molar-refractivity contribution is 0.381. The zero-order chi connectivity index (χ0) is 11.7. The molecule has 0 aliphatic carbocycles. The molecule has 0 N–H and O–H groups in total. The smallest absolute Gasteiger partial charge is 0.158 e. The molecular weight excluding hydrogens is 232 g/mol. The summed E-state index contributed by atoms with van der Waals surface area (Å²) in [5.41, 5.74) is 2.36. The van der Waals surface area contributed by atoms with Gasteiger partial charge in [-0.05, 0) is 11.1 Å². The van der Waals surface area contributed by atoms with Gasteiger partial charge in [-0.1, -0.05) is 72.3 Å². The van der Waals surface area contributed by atoms with Gasteiger partial charge in [0.1, 0.15) is 6.10 Å². The second-order valence-corrected chi connectivity index (χ2v) is 4.68. The first-order valence-electron chi connectivity index (χ1n) is 5.76. The Morgan fingerprint density at radius 1 is 0.824 bits per heavy atom. The van der Waals surface area contributed by atoms with Gasteiger partial charge in [-0.2, -0.15) is 0 Å². The van der Waals surface area contributed by atoms with Crippen molar-refractivity contribution in [1.29, 1.82) is 0 Å². The molecule has 0 saturated carbocycles. The second-order valence-electron chi connectivity index (χ2n) is 4.25. The summed E-state index contributed by atoms with van der Waals surface area (Å²) in [6, 6.07) is 20.8. The molecular formula is C15H13ClO. The molecule has 1 saturated heterocycles. The molecule has 0 spiro atoms. The van der Waals surface area contributed by atoms with E-state index in [4.69, 9.17) is 16.3 Å². The molecule has 0 aromatic heterocycles. The number of alkyl halides is 1. The minimum absolute atomic E-state index is 0.0986. The maximum absolute atomic E-state index is 6.02. The van der Waals surface area contributed by atoms with Gasteiger partial charge in [0.05, 0.1) is 0 Å². The van der Waals surface area contributed by atoms with E-state index in [1.165, 1.54) is 11.1 Å². The molecule has 2 heteroatoms. The Labute approximate surface area is 106 Å².